The molecule has 7 aromatic carbocycles. The van der Waals surface area contributed by atoms with Gasteiger partial charge in [0.05, 0.1) is 0 Å². The van der Waals surface area contributed by atoms with Crippen molar-refractivity contribution >= 4 is 23.1 Å². The summed E-state index contributed by atoms with van der Waals surface area (Å²) in [4.78, 5) is 14.4. The van der Waals surface area contributed by atoms with Gasteiger partial charge >= 0.3 is 0 Å². The molecule has 266 valence electrons. The Balaban J connectivity index is 1.08. The molecule has 0 aliphatic heterocycles. The third-order valence-electron chi connectivity index (χ3n) is 10.6. The van der Waals surface area contributed by atoms with Crippen molar-refractivity contribution in [2.75, 3.05) is 0 Å². The summed E-state index contributed by atoms with van der Waals surface area (Å²) in [5, 5.41) is 2.40. The van der Waals surface area contributed by atoms with Crippen LogP contribution in [0.2, 0.25) is 0 Å². The first-order valence-corrected chi connectivity index (χ1v) is 19.8. The van der Waals surface area contributed by atoms with E-state index in [0.717, 1.165) is 43.7 Å². The maximum atomic E-state index is 14.9. The Morgan fingerprint density at radius 2 is 0.782 bits per heavy atom. The van der Waals surface area contributed by atoms with Crippen molar-refractivity contribution in [3.05, 3.63) is 193 Å². The molecule has 0 unspecified atom stereocenters. The first-order chi connectivity index (χ1) is 26.7. The summed E-state index contributed by atoms with van der Waals surface area (Å²) >= 11 is 0. The minimum absolute atomic E-state index is 0.348. The third kappa shape index (κ3) is 6.09. The average molecular weight is 738 g/mol. The molecular weight excluding hydrogens is 704 g/mol. The van der Waals surface area contributed by atoms with E-state index in [0.29, 0.717) is 28.6 Å². The van der Waals surface area contributed by atoms with Gasteiger partial charge in [-0.3, -0.25) is 0 Å². The number of halogens is 2. The highest BCUT2D eigenvalue weighted by molar-refractivity contribution is 7.85. The number of nitrogens with zero attached hydrogens (tertiary/aromatic N) is 3. The summed E-state index contributed by atoms with van der Waals surface area (Å²) in [6, 6.07) is 52.5. The van der Waals surface area contributed by atoms with Crippen molar-refractivity contribution in [2.45, 2.75) is 19.3 Å². The number of rotatable bonds is 7. The first-order valence-electron chi connectivity index (χ1n) is 18.1. The largest absolute Gasteiger partial charge is 0.309 e. The van der Waals surface area contributed by atoms with Gasteiger partial charge in [0.2, 0.25) is 0 Å². The molecule has 0 spiro atoms. The van der Waals surface area contributed by atoms with Gasteiger partial charge in [0.15, 0.2) is 24.6 Å². The quantitative estimate of drug-likeness (QED) is 0.153. The lowest BCUT2D eigenvalue weighted by Crippen LogP contribution is -2.24. The van der Waals surface area contributed by atoms with Crippen LogP contribution in [0.5, 0.6) is 0 Å². The van der Waals surface area contributed by atoms with Crippen LogP contribution in [0, 0.1) is 11.6 Å². The van der Waals surface area contributed by atoms with Gasteiger partial charge in [0.1, 0.15) is 11.6 Å². The van der Waals surface area contributed by atoms with E-state index in [1.54, 1.807) is 24.3 Å². The molecule has 0 atom stereocenters. The molecule has 0 amide bonds. The minimum Gasteiger partial charge on any atom is -0.309 e. The number of aromatic nitrogens is 3. The minimum atomic E-state index is -3.08. The molecule has 55 heavy (non-hydrogen) atoms. The van der Waals surface area contributed by atoms with Crippen LogP contribution in [0.15, 0.2) is 170 Å². The molecule has 0 N–H and O–H groups in total. The highest BCUT2D eigenvalue weighted by Gasteiger charge is 2.36. The zero-order valence-corrected chi connectivity index (χ0v) is 31.0. The monoisotopic (exact) mass is 737 g/mol. The normalized spacial score (nSPS) is 12.9. The average Bonchev–Trinajstić information content (AvgIpc) is 3.46. The summed E-state index contributed by atoms with van der Waals surface area (Å²) in [5.74, 6) is 0.551. The second-order valence-electron chi connectivity index (χ2n) is 14.3. The van der Waals surface area contributed by atoms with Crippen LogP contribution in [-0.4, -0.2) is 15.0 Å². The fraction of sp³-hybridized carbons (Fsp3) is 0.0625. The third-order valence-corrected chi connectivity index (χ3v) is 13.7. The molecule has 1 aliphatic carbocycles. The first kappa shape index (κ1) is 34.4. The Kier molecular flexibility index (Phi) is 8.44. The van der Waals surface area contributed by atoms with Crippen LogP contribution in [-0.2, 0) is 9.98 Å². The lowest BCUT2D eigenvalue weighted by molar-refractivity contribution is 0.592. The Labute approximate surface area is 318 Å². The van der Waals surface area contributed by atoms with Crippen molar-refractivity contribution < 1.29 is 13.3 Å². The van der Waals surface area contributed by atoms with E-state index in [2.05, 4.69) is 56.3 Å². The number of fused-ring (bicyclic) bond motifs is 3. The van der Waals surface area contributed by atoms with E-state index in [1.165, 1.54) is 35.4 Å². The van der Waals surface area contributed by atoms with Crippen LogP contribution >= 0.6 is 7.14 Å². The smallest absolute Gasteiger partial charge is 0.171 e. The summed E-state index contributed by atoms with van der Waals surface area (Å²) < 4.78 is 42.6. The van der Waals surface area contributed by atoms with Gasteiger partial charge in [-0.25, -0.2) is 23.7 Å². The van der Waals surface area contributed by atoms with Crippen molar-refractivity contribution in [1.82, 2.24) is 15.0 Å². The maximum absolute atomic E-state index is 14.9. The SMILES string of the molecule is CC1(C)c2cc(-c3ccc(P(=O)(c4ccccc4)c4ccccc4)cc3)ccc2-c2ccc(-c3nc(-c4ccc(F)cc4)nc(-c4ccc(F)cc4)n3)cc21. The summed E-state index contributed by atoms with van der Waals surface area (Å²) in [6.45, 7) is 4.46. The zero-order valence-electron chi connectivity index (χ0n) is 30.1. The van der Waals surface area contributed by atoms with Crippen LogP contribution < -0.4 is 15.9 Å². The van der Waals surface area contributed by atoms with Gasteiger partial charge in [-0.05, 0) is 94.0 Å². The zero-order chi connectivity index (χ0) is 37.7. The van der Waals surface area contributed by atoms with E-state index in [4.69, 9.17) is 15.0 Å². The molecule has 1 aliphatic rings. The molecule has 0 radical (unpaired) electrons. The molecule has 1 heterocycles. The van der Waals surface area contributed by atoms with Gasteiger partial charge in [-0.1, -0.05) is 123 Å². The maximum Gasteiger partial charge on any atom is 0.171 e. The van der Waals surface area contributed by atoms with Crippen molar-refractivity contribution in [3.63, 3.8) is 0 Å². The molecule has 0 saturated carbocycles. The lowest BCUT2D eigenvalue weighted by Gasteiger charge is -2.23. The van der Waals surface area contributed by atoms with Gasteiger partial charge in [-0.2, -0.15) is 0 Å². The highest BCUT2D eigenvalue weighted by Crippen LogP contribution is 2.51. The van der Waals surface area contributed by atoms with E-state index in [9.17, 15) is 13.3 Å². The molecule has 7 heteroatoms. The standard InChI is InChI=1S/C48H34F2N3OP/c1-48(2)43-29-34(31-17-25-40(26-18-31)55(54,38-9-5-3-6-10-38)39-11-7-4-8-12-39)19-27-41(43)42-28-20-35(30-44(42)48)47-52-45(32-13-21-36(49)22-14-32)51-46(53-47)33-15-23-37(50)24-16-33/h3-30H,1-2H3. The number of hydrogen-bond acceptors (Lipinski definition) is 4. The lowest BCUT2D eigenvalue weighted by atomic mass is 9.81. The molecule has 0 saturated heterocycles. The summed E-state index contributed by atoms with van der Waals surface area (Å²) in [6.07, 6.45) is 0. The summed E-state index contributed by atoms with van der Waals surface area (Å²) in [5.41, 5.74) is 8.52. The predicted molar refractivity (Wildman–Crippen MR) is 218 cm³/mol. The number of hydrogen-bond donors (Lipinski definition) is 0. The van der Waals surface area contributed by atoms with Gasteiger partial charge in [0, 0.05) is 38.0 Å². The van der Waals surface area contributed by atoms with Crippen LogP contribution in [0.25, 0.3) is 56.4 Å². The fourth-order valence-corrected chi connectivity index (χ4v) is 10.3. The Morgan fingerprint density at radius 1 is 0.418 bits per heavy atom. The van der Waals surface area contributed by atoms with Crippen LogP contribution in [0.1, 0.15) is 25.0 Å². The molecule has 8 aromatic rings. The van der Waals surface area contributed by atoms with Gasteiger partial charge < -0.3 is 4.57 Å². The fourth-order valence-electron chi connectivity index (χ4n) is 7.60. The van der Waals surface area contributed by atoms with Crippen LogP contribution in [0.4, 0.5) is 8.78 Å². The topological polar surface area (TPSA) is 55.7 Å². The molecule has 1 aromatic heterocycles. The Hall–Kier alpha value is -6.36. The molecule has 4 nitrogen and oxygen atoms in total. The van der Waals surface area contributed by atoms with Crippen molar-refractivity contribution in [2.24, 2.45) is 0 Å². The highest BCUT2D eigenvalue weighted by atomic mass is 31.2. The molecule has 9 rings (SSSR count). The van der Waals surface area contributed by atoms with E-state index in [-0.39, 0.29) is 17.0 Å². The van der Waals surface area contributed by atoms with Crippen molar-refractivity contribution in [1.29, 1.82) is 0 Å². The summed E-state index contributed by atoms with van der Waals surface area (Å²) in [7, 11) is -3.08. The Bertz CT molecular complexity index is 2650. The van der Waals surface area contributed by atoms with Crippen molar-refractivity contribution in [3.8, 4) is 56.4 Å². The van der Waals surface area contributed by atoms with Gasteiger partial charge in [0.25, 0.3) is 0 Å². The second kappa shape index (κ2) is 13.5. The van der Waals surface area contributed by atoms with E-state index in [1.807, 2.05) is 78.9 Å². The molecular formula is C48H34F2N3OP. The van der Waals surface area contributed by atoms with E-state index >= 15 is 0 Å². The predicted octanol–water partition coefficient (Wildman–Crippen LogP) is 10.8. The van der Waals surface area contributed by atoms with Crippen LogP contribution in [0.3, 0.4) is 0 Å². The molecule has 0 bridgehead atoms. The van der Waals surface area contributed by atoms with Gasteiger partial charge in [-0.15, -0.1) is 0 Å². The number of benzene rings is 7. The Morgan fingerprint density at radius 3 is 1.25 bits per heavy atom. The van der Waals surface area contributed by atoms with E-state index < -0.39 is 7.14 Å². The second-order valence-corrected chi connectivity index (χ2v) is 17.1. The molecule has 0 fully saturated rings.